The van der Waals surface area contributed by atoms with Crippen LogP contribution in [0.5, 0.6) is 5.75 Å². The van der Waals surface area contributed by atoms with Crippen molar-refractivity contribution in [2.75, 3.05) is 51.4 Å². The van der Waals surface area contributed by atoms with Crippen LogP contribution in [0.25, 0.3) is 10.2 Å². The van der Waals surface area contributed by atoms with E-state index in [0.29, 0.717) is 17.4 Å². The van der Waals surface area contributed by atoms with Crippen LogP contribution in [-0.4, -0.2) is 72.1 Å². The van der Waals surface area contributed by atoms with Gasteiger partial charge in [0.05, 0.1) is 30.5 Å². The molecule has 0 N–H and O–H groups in total. The highest BCUT2D eigenvalue weighted by molar-refractivity contribution is 7.22. The molecule has 1 aliphatic rings. The van der Waals surface area contributed by atoms with Crippen LogP contribution in [0, 0.1) is 0 Å². The number of benzene rings is 1. The predicted molar refractivity (Wildman–Crippen MR) is 118 cm³/mol. The number of amides is 1. The van der Waals surface area contributed by atoms with Crippen LogP contribution in [0.3, 0.4) is 0 Å². The second-order valence-electron chi connectivity index (χ2n) is 7.52. The number of methoxy groups -OCH3 is 1. The minimum absolute atomic E-state index is 0.131. The van der Waals surface area contributed by atoms with Crippen molar-refractivity contribution in [2.24, 2.45) is 0 Å². The van der Waals surface area contributed by atoms with E-state index in [-0.39, 0.29) is 11.9 Å². The number of aromatic nitrogens is 3. The second kappa shape index (κ2) is 9.11. The average molecular weight is 430 g/mol. The van der Waals surface area contributed by atoms with Crippen LogP contribution in [0.15, 0.2) is 30.5 Å². The number of carbonyl (C=O) groups is 1. The molecule has 9 heteroatoms. The van der Waals surface area contributed by atoms with Gasteiger partial charge in [-0.15, -0.1) is 0 Å². The zero-order valence-electron chi connectivity index (χ0n) is 17.6. The van der Waals surface area contributed by atoms with Crippen LogP contribution in [0.2, 0.25) is 0 Å². The van der Waals surface area contributed by atoms with Crippen LogP contribution < -0.4 is 9.64 Å². The third-order valence-electron chi connectivity index (χ3n) is 5.16. The fourth-order valence-electron chi connectivity index (χ4n) is 3.37. The van der Waals surface area contributed by atoms with E-state index in [9.17, 15) is 4.79 Å². The summed E-state index contributed by atoms with van der Waals surface area (Å²) in [7, 11) is 1.64. The summed E-state index contributed by atoms with van der Waals surface area (Å²) in [5, 5.41) is 5.16. The van der Waals surface area contributed by atoms with Crippen molar-refractivity contribution in [3.05, 3.63) is 36.2 Å². The normalized spacial score (nSPS) is 15.1. The SMILES string of the molecule is COc1ccc2sc(N(CCN3CCOCC3)C(=O)c3ccn(C(C)C)n3)nc2c1. The molecule has 3 heterocycles. The van der Waals surface area contributed by atoms with Crippen molar-refractivity contribution >= 4 is 32.6 Å². The Bertz CT molecular complexity index is 1010. The number of hydrogen-bond acceptors (Lipinski definition) is 7. The molecule has 0 bridgehead atoms. The highest BCUT2D eigenvalue weighted by Gasteiger charge is 2.25. The maximum atomic E-state index is 13.4. The highest BCUT2D eigenvalue weighted by atomic mass is 32.1. The van der Waals surface area contributed by atoms with Gasteiger partial charge in [0.15, 0.2) is 10.8 Å². The lowest BCUT2D eigenvalue weighted by Crippen LogP contribution is -2.43. The highest BCUT2D eigenvalue weighted by Crippen LogP contribution is 2.32. The number of ether oxygens (including phenoxy) is 2. The molecule has 0 atom stereocenters. The molecule has 1 aromatic carbocycles. The number of hydrogen-bond donors (Lipinski definition) is 0. The smallest absolute Gasteiger partial charge is 0.280 e. The molecule has 8 nitrogen and oxygen atoms in total. The molecule has 0 saturated carbocycles. The monoisotopic (exact) mass is 429 g/mol. The first-order valence-electron chi connectivity index (χ1n) is 10.2. The van der Waals surface area contributed by atoms with Gasteiger partial charge in [0.1, 0.15) is 5.75 Å². The number of thiazole rings is 1. The van der Waals surface area contributed by atoms with Crippen LogP contribution in [-0.2, 0) is 4.74 Å². The first-order chi connectivity index (χ1) is 14.5. The van der Waals surface area contributed by atoms with E-state index in [1.54, 1.807) is 22.8 Å². The molecule has 2 aromatic heterocycles. The molecule has 1 fully saturated rings. The van der Waals surface area contributed by atoms with Gasteiger partial charge in [0, 0.05) is 44.5 Å². The molecule has 1 aliphatic heterocycles. The van der Waals surface area contributed by atoms with Crippen molar-refractivity contribution in [2.45, 2.75) is 19.9 Å². The van der Waals surface area contributed by atoms with Crippen molar-refractivity contribution in [3.63, 3.8) is 0 Å². The second-order valence-corrected chi connectivity index (χ2v) is 8.52. The third kappa shape index (κ3) is 4.48. The Balaban J connectivity index is 1.62. The largest absolute Gasteiger partial charge is 0.497 e. The summed E-state index contributed by atoms with van der Waals surface area (Å²) >= 11 is 1.51. The van der Waals surface area contributed by atoms with Crippen LogP contribution in [0.1, 0.15) is 30.4 Å². The summed E-state index contributed by atoms with van der Waals surface area (Å²) in [6, 6.07) is 7.76. The van der Waals surface area contributed by atoms with Gasteiger partial charge in [-0.25, -0.2) is 4.98 Å². The fourth-order valence-corrected chi connectivity index (χ4v) is 4.34. The molecule has 1 amide bonds. The molecule has 3 aromatic rings. The van der Waals surface area contributed by atoms with Crippen molar-refractivity contribution in [1.82, 2.24) is 19.7 Å². The van der Waals surface area contributed by atoms with E-state index in [1.807, 2.05) is 38.2 Å². The molecule has 0 unspecified atom stereocenters. The average Bonchev–Trinajstić information content (AvgIpc) is 3.41. The Morgan fingerprint density at radius 2 is 2.10 bits per heavy atom. The Morgan fingerprint density at radius 1 is 1.30 bits per heavy atom. The maximum Gasteiger partial charge on any atom is 0.280 e. The van der Waals surface area contributed by atoms with E-state index < -0.39 is 0 Å². The lowest BCUT2D eigenvalue weighted by Gasteiger charge is -2.29. The quantitative estimate of drug-likeness (QED) is 0.575. The van der Waals surface area contributed by atoms with E-state index in [4.69, 9.17) is 14.5 Å². The molecule has 0 spiro atoms. The lowest BCUT2D eigenvalue weighted by molar-refractivity contribution is 0.0391. The number of carbonyl (C=O) groups excluding carboxylic acids is 1. The van der Waals surface area contributed by atoms with Gasteiger partial charge in [-0.3, -0.25) is 19.3 Å². The summed E-state index contributed by atoms with van der Waals surface area (Å²) in [5.74, 6) is 0.620. The third-order valence-corrected chi connectivity index (χ3v) is 6.22. The number of anilines is 1. The Morgan fingerprint density at radius 3 is 2.80 bits per heavy atom. The molecule has 0 aliphatic carbocycles. The maximum absolute atomic E-state index is 13.4. The van der Waals surface area contributed by atoms with Gasteiger partial charge in [0.25, 0.3) is 5.91 Å². The Kier molecular flexibility index (Phi) is 6.31. The van der Waals surface area contributed by atoms with Crippen LogP contribution in [0.4, 0.5) is 5.13 Å². The summed E-state index contributed by atoms with van der Waals surface area (Å²) in [5.41, 5.74) is 1.26. The summed E-state index contributed by atoms with van der Waals surface area (Å²) in [6.45, 7) is 8.60. The standard InChI is InChI=1S/C21H27N5O3S/c1-15(2)26-7-6-17(23-26)20(27)25(9-8-24-10-12-29-13-11-24)21-22-18-14-16(28-3)4-5-19(18)30-21/h4-7,14-15H,8-13H2,1-3H3. The van der Waals surface area contributed by atoms with E-state index in [0.717, 1.165) is 48.8 Å². The van der Waals surface area contributed by atoms with E-state index in [2.05, 4.69) is 10.00 Å². The lowest BCUT2D eigenvalue weighted by atomic mass is 10.3. The van der Waals surface area contributed by atoms with Gasteiger partial charge >= 0.3 is 0 Å². The van der Waals surface area contributed by atoms with Gasteiger partial charge in [0.2, 0.25) is 0 Å². The first-order valence-corrected chi connectivity index (χ1v) is 11.0. The van der Waals surface area contributed by atoms with E-state index in [1.165, 1.54) is 11.3 Å². The molecule has 160 valence electrons. The fraction of sp³-hybridized carbons (Fsp3) is 0.476. The number of fused-ring (bicyclic) bond motifs is 1. The number of morpholine rings is 1. The first kappa shape index (κ1) is 20.8. The summed E-state index contributed by atoms with van der Waals surface area (Å²) in [4.78, 5) is 22.2. The molecule has 0 radical (unpaired) electrons. The predicted octanol–water partition coefficient (Wildman–Crippen LogP) is 3.06. The zero-order chi connectivity index (χ0) is 21.1. The molecule has 30 heavy (non-hydrogen) atoms. The minimum Gasteiger partial charge on any atom is -0.497 e. The molecular formula is C21H27N5O3S. The van der Waals surface area contributed by atoms with Crippen LogP contribution >= 0.6 is 11.3 Å². The van der Waals surface area contributed by atoms with Gasteiger partial charge < -0.3 is 9.47 Å². The van der Waals surface area contributed by atoms with Gasteiger partial charge in [-0.05, 0) is 32.0 Å². The molecular weight excluding hydrogens is 402 g/mol. The van der Waals surface area contributed by atoms with Crippen molar-refractivity contribution in [3.8, 4) is 5.75 Å². The summed E-state index contributed by atoms with van der Waals surface area (Å²) < 4.78 is 13.6. The minimum atomic E-state index is -0.131. The van der Waals surface area contributed by atoms with Gasteiger partial charge in [-0.1, -0.05) is 11.3 Å². The number of rotatable bonds is 7. The van der Waals surface area contributed by atoms with Crippen molar-refractivity contribution in [1.29, 1.82) is 0 Å². The Labute approximate surface area is 180 Å². The van der Waals surface area contributed by atoms with Gasteiger partial charge in [-0.2, -0.15) is 5.10 Å². The molecule has 4 rings (SSSR count). The number of nitrogens with zero attached hydrogens (tertiary/aromatic N) is 5. The molecule has 1 saturated heterocycles. The van der Waals surface area contributed by atoms with Crippen molar-refractivity contribution < 1.29 is 14.3 Å². The topological polar surface area (TPSA) is 72.7 Å². The van der Waals surface area contributed by atoms with E-state index >= 15 is 0 Å². The Hall–Kier alpha value is -2.49. The summed E-state index contributed by atoms with van der Waals surface area (Å²) in [6.07, 6.45) is 1.85. The zero-order valence-corrected chi connectivity index (χ0v) is 18.4.